The molecule has 0 aliphatic heterocycles. The predicted molar refractivity (Wildman–Crippen MR) is 76.8 cm³/mol. The lowest BCUT2D eigenvalue weighted by Gasteiger charge is -2.13. The fourth-order valence-corrected chi connectivity index (χ4v) is 2.25. The van der Waals surface area contributed by atoms with Crippen molar-refractivity contribution in [3.63, 3.8) is 0 Å². The van der Waals surface area contributed by atoms with Crippen molar-refractivity contribution >= 4 is 22.8 Å². The van der Waals surface area contributed by atoms with E-state index in [9.17, 15) is 18.4 Å². The molecule has 7 heteroatoms. The van der Waals surface area contributed by atoms with Gasteiger partial charge in [-0.1, -0.05) is 18.2 Å². The Morgan fingerprint density at radius 2 is 2.00 bits per heavy atom. The lowest BCUT2D eigenvalue weighted by Crippen LogP contribution is -2.42. The van der Waals surface area contributed by atoms with Gasteiger partial charge < -0.3 is 15.4 Å². The van der Waals surface area contributed by atoms with Gasteiger partial charge in [0, 0.05) is 29.9 Å². The van der Waals surface area contributed by atoms with Crippen molar-refractivity contribution in [1.82, 2.24) is 10.3 Å². The number of carboxylic acids is 1. The summed E-state index contributed by atoms with van der Waals surface area (Å²) in [6, 6.07) is 6.02. The van der Waals surface area contributed by atoms with Crippen LogP contribution in [0.15, 0.2) is 30.5 Å². The summed E-state index contributed by atoms with van der Waals surface area (Å²) in [5.41, 5.74) is 1.87. The van der Waals surface area contributed by atoms with Crippen LogP contribution in [0.2, 0.25) is 0 Å². The van der Waals surface area contributed by atoms with Crippen LogP contribution < -0.4 is 5.32 Å². The Morgan fingerprint density at radius 3 is 2.68 bits per heavy atom. The summed E-state index contributed by atoms with van der Waals surface area (Å²) in [6.07, 6.45) is -1.46. The molecule has 0 fully saturated rings. The van der Waals surface area contributed by atoms with Gasteiger partial charge in [0.1, 0.15) is 6.04 Å². The molecular formula is C15H16F2N2O3. The number of H-pyrrole nitrogens is 1. The molecular weight excluding hydrogens is 294 g/mol. The van der Waals surface area contributed by atoms with E-state index in [1.54, 1.807) is 6.20 Å². The number of amides is 1. The molecule has 0 aliphatic rings. The van der Waals surface area contributed by atoms with Gasteiger partial charge in [0.05, 0.1) is 0 Å². The number of halogens is 2. The van der Waals surface area contributed by atoms with Gasteiger partial charge in [-0.3, -0.25) is 4.79 Å². The highest BCUT2D eigenvalue weighted by molar-refractivity contribution is 5.85. The Balaban J connectivity index is 1.93. The monoisotopic (exact) mass is 310 g/mol. The van der Waals surface area contributed by atoms with Gasteiger partial charge in [-0.15, -0.1) is 0 Å². The second-order valence-electron chi connectivity index (χ2n) is 4.94. The zero-order valence-corrected chi connectivity index (χ0v) is 11.7. The number of para-hydroxylation sites is 1. The maximum Gasteiger partial charge on any atom is 0.326 e. The minimum atomic E-state index is -2.78. The third-order valence-electron chi connectivity index (χ3n) is 3.34. The van der Waals surface area contributed by atoms with Crippen molar-refractivity contribution in [2.75, 3.05) is 0 Å². The van der Waals surface area contributed by atoms with E-state index in [4.69, 9.17) is 5.11 Å². The number of hydrogen-bond acceptors (Lipinski definition) is 2. The Labute approximate surface area is 125 Å². The average Bonchev–Trinajstić information content (AvgIpc) is 2.87. The topological polar surface area (TPSA) is 82.2 Å². The molecule has 22 heavy (non-hydrogen) atoms. The number of benzene rings is 1. The summed E-state index contributed by atoms with van der Waals surface area (Å²) in [5.74, 6) is -2.01. The number of carbonyl (C=O) groups is 2. The van der Waals surface area contributed by atoms with Gasteiger partial charge in [0.2, 0.25) is 12.3 Å². The number of aromatic amines is 1. The van der Waals surface area contributed by atoms with Crippen LogP contribution in [0.3, 0.4) is 0 Å². The number of aryl methyl sites for hydroxylation is 1. The van der Waals surface area contributed by atoms with Gasteiger partial charge in [0.15, 0.2) is 0 Å². The number of aromatic nitrogens is 1. The Kier molecular flexibility index (Phi) is 5.08. The van der Waals surface area contributed by atoms with Crippen molar-refractivity contribution < 1.29 is 23.5 Å². The first-order chi connectivity index (χ1) is 10.5. The minimum absolute atomic E-state index is 0.0366. The fourth-order valence-electron chi connectivity index (χ4n) is 2.25. The molecule has 3 N–H and O–H groups in total. The molecule has 1 atom stereocenters. The summed E-state index contributed by atoms with van der Waals surface area (Å²) in [4.78, 5) is 25.6. The van der Waals surface area contributed by atoms with Crippen LogP contribution in [-0.4, -0.2) is 34.4 Å². The fraction of sp³-hybridized carbons (Fsp3) is 0.333. The summed E-state index contributed by atoms with van der Waals surface area (Å²) in [6.45, 7) is 0. The maximum absolute atomic E-state index is 12.3. The quantitative estimate of drug-likeness (QED) is 0.734. The molecule has 0 saturated heterocycles. The standard InChI is InChI=1S/C15H16F2N2O3/c16-13(17)7-12(15(21)22)19-14(20)6-5-9-8-18-11-4-2-1-3-10(9)11/h1-4,8,12-13,18H,5-7H2,(H,19,20)(H,21,22). The molecule has 2 aromatic rings. The molecule has 0 saturated carbocycles. The van der Waals surface area contributed by atoms with Crippen molar-refractivity contribution in [2.45, 2.75) is 31.7 Å². The molecule has 0 aliphatic carbocycles. The molecule has 1 aromatic carbocycles. The zero-order valence-electron chi connectivity index (χ0n) is 11.7. The number of rotatable bonds is 7. The Bertz CT molecular complexity index is 670. The van der Waals surface area contributed by atoms with Crippen molar-refractivity contribution in [3.8, 4) is 0 Å². The lowest BCUT2D eigenvalue weighted by molar-refractivity contribution is -0.143. The van der Waals surface area contributed by atoms with E-state index in [2.05, 4.69) is 10.3 Å². The van der Waals surface area contributed by atoms with Crippen LogP contribution in [0.5, 0.6) is 0 Å². The van der Waals surface area contributed by atoms with E-state index in [0.29, 0.717) is 6.42 Å². The molecule has 0 bridgehead atoms. The number of carboxylic acid groups (broad SMARTS) is 1. The van der Waals surface area contributed by atoms with Crippen molar-refractivity contribution in [3.05, 3.63) is 36.0 Å². The summed E-state index contributed by atoms with van der Waals surface area (Å²) in [7, 11) is 0. The van der Waals surface area contributed by atoms with Crippen LogP contribution in [0.25, 0.3) is 10.9 Å². The first-order valence-electron chi connectivity index (χ1n) is 6.82. The Hall–Kier alpha value is -2.44. The average molecular weight is 310 g/mol. The third-order valence-corrected chi connectivity index (χ3v) is 3.34. The zero-order chi connectivity index (χ0) is 16.1. The number of hydrogen-bond donors (Lipinski definition) is 3. The van der Waals surface area contributed by atoms with Crippen molar-refractivity contribution in [1.29, 1.82) is 0 Å². The maximum atomic E-state index is 12.3. The highest BCUT2D eigenvalue weighted by atomic mass is 19.3. The Morgan fingerprint density at radius 1 is 1.27 bits per heavy atom. The summed E-state index contributed by atoms with van der Waals surface area (Å²) < 4.78 is 24.5. The molecule has 0 radical (unpaired) electrons. The van der Waals surface area contributed by atoms with Crippen molar-refractivity contribution in [2.24, 2.45) is 0 Å². The van der Waals surface area contributed by atoms with Crippen LogP contribution in [0.4, 0.5) is 8.78 Å². The molecule has 118 valence electrons. The van der Waals surface area contributed by atoms with Crippen LogP contribution in [-0.2, 0) is 16.0 Å². The largest absolute Gasteiger partial charge is 0.480 e. The van der Waals surface area contributed by atoms with Gasteiger partial charge in [-0.05, 0) is 18.1 Å². The van der Waals surface area contributed by atoms with Gasteiger partial charge in [-0.2, -0.15) is 0 Å². The van der Waals surface area contributed by atoms with Gasteiger partial charge in [0.25, 0.3) is 0 Å². The first kappa shape index (κ1) is 15.9. The van der Waals surface area contributed by atoms with E-state index in [1.807, 2.05) is 24.3 Å². The minimum Gasteiger partial charge on any atom is -0.480 e. The van der Waals surface area contributed by atoms with Crippen LogP contribution in [0.1, 0.15) is 18.4 Å². The number of nitrogens with one attached hydrogen (secondary N) is 2. The molecule has 1 heterocycles. The molecule has 1 unspecified atom stereocenters. The first-order valence-corrected chi connectivity index (χ1v) is 6.82. The van der Waals surface area contributed by atoms with E-state index < -0.39 is 30.8 Å². The number of carbonyl (C=O) groups excluding carboxylic acids is 1. The second kappa shape index (κ2) is 7.02. The molecule has 1 amide bonds. The highest BCUT2D eigenvalue weighted by Crippen LogP contribution is 2.19. The van der Waals surface area contributed by atoms with Gasteiger partial charge in [-0.25, -0.2) is 13.6 Å². The number of alkyl halides is 2. The SMILES string of the molecule is O=C(CCc1c[nH]c2ccccc12)NC(CC(F)F)C(=O)O. The van der Waals surface area contributed by atoms with E-state index in [0.717, 1.165) is 16.5 Å². The molecule has 5 nitrogen and oxygen atoms in total. The molecule has 1 aromatic heterocycles. The third kappa shape index (κ3) is 4.03. The number of aliphatic carboxylic acids is 1. The van der Waals surface area contributed by atoms with Crippen LogP contribution >= 0.6 is 0 Å². The normalized spacial score (nSPS) is 12.5. The second-order valence-corrected chi connectivity index (χ2v) is 4.94. The predicted octanol–water partition coefficient (Wildman–Crippen LogP) is 2.33. The van der Waals surface area contributed by atoms with E-state index in [1.165, 1.54) is 0 Å². The van der Waals surface area contributed by atoms with Gasteiger partial charge >= 0.3 is 5.97 Å². The highest BCUT2D eigenvalue weighted by Gasteiger charge is 2.23. The lowest BCUT2D eigenvalue weighted by atomic mass is 10.1. The smallest absolute Gasteiger partial charge is 0.326 e. The van der Waals surface area contributed by atoms with E-state index >= 15 is 0 Å². The number of fused-ring (bicyclic) bond motifs is 1. The summed E-state index contributed by atoms with van der Waals surface area (Å²) >= 11 is 0. The van der Waals surface area contributed by atoms with Crippen LogP contribution in [0, 0.1) is 0 Å². The molecule has 2 rings (SSSR count). The molecule has 0 spiro atoms. The summed E-state index contributed by atoms with van der Waals surface area (Å²) in [5, 5.41) is 11.9. The van der Waals surface area contributed by atoms with E-state index in [-0.39, 0.29) is 6.42 Å².